The average molecular weight is 263 g/mol. The molecule has 0 saturated carbocycles. The van der Waals surface area contributed by atoms with E-state index in [0.717, 1.165) is 5.56 Å². The molecule has 0 saturated heterocycles. The Kier molecular flexibility index (Phi) is 3.79. The van der Waals surface area contributed by atoms with Crippen molar-refractivity contribution in [2.45, 2.75) is 6.61 Å². The molecule has 0 spiro atoms. The molecule has 0 amide bonds. The van der Waals surface area contributed by atoms with Crippen molar-refractivity contribution in [1.29, 1.82) is 0 Å². The summed E-state index contributed by atoms with van der Waals surface area (Å²) in [5, 5.41) is 0.570. The highest BCUT2D eigenvalue weighted by Crippen LogP contribution is 2.16. The van der Waals surface area contributed by atoms with Gasteiger partial charge in [-0.25, -0.2) is 9.78 Å². The van der Waals surface area contributed by atoms with Crippen LogP contribution in [0.1, 0.15) is 15.9 Å². The van der Waals surface area contributed by atoms with Crippen LogP contribution >= 0.6 is 11.6 Å². The summed E-state index contributed by atoms with van der Waals surface area (Å²) in [4.78, 5) is 15.5. The molecule has 0 aliphatic rings. The fraction of sp³-hybridized carbons (Fsp3) is 0.0769. The van der Waals surface area contributed by atoms with Gasteiger partial charge in [-0.2, -0.15) is 0 Å². The lowest BCUT2D eigenvalue weighted by Crippen LogP contribution is -2.06. The van der Waals surface area contributed by atoms with Crippen molar-refractivity contribution >= 4 is 23.4 Å². The predicted molar refractivity (Wildman–Crippen MR) is 69.2 cm³/mol. The van der Waals surface area contributed by atoms with Gasteiger partial charge in [0.2, 0.25) is 0 Å². The van der Waals surface area contributed by atoms with Crippen molar-refractivity contribution in [1.82, 2.24) is 4.98 Å². The maximum absolute atomic E-state index is 11.7. The summed E-state index contributed by atoms with van der Waals surface area (Å²) in [6.45, 7) is 0.128. The highest BCUT2D eigenvalue weighted by atomic mass is 35.5. The van der Waals surface area contributed by atoms with E-state index in [1.165, 1.54) is 6.20 Å². The van der Waals surface area contributed by atoms with E-state index in [4.69, 9.17) is 22.1 Å². The number of ether oxygens (including phenoxy) is 1. The zero-order valence-corrected chi connectivity index (χ0v) is 10.2. The normalized spacial score (nSPS) is 10.1. The molecule has 18 heavy (non-hydrogen) atoms. The lowest BCUT2D eigenvalue weighted by atomic mass is 10.2. The molecule has 5 heteroatoms. The first-order valence-electron chi connectivity index (χ1n) is 5.29. The minimum atomic E-state index is -0.456. The molecule has 2 aromatic rings. The van der Waals surface area contributed by atoms with Crippen LogP contribution in [0, 0.1) is 0 Å². The number of carbonyl (C=O) groups excluding carboxylic acids is 1. The minimum absolute atomic E-state index is 0.128. The number of halogens is 1. The van der Waals surface area contributed by atoms with E-state index in [2.05, 4.69) is 4.98 Å². The van der Waals surface area contributed by atoms with Gasteiger partial charge in [0.05, 0.1) is 5.56 Å². The van der Waals surface area contributed by atoms with Crippen LogP contribution in [0.4, 0.5) is 5.82 Å². The molecule has 2 rings (SSSR count). The Labute approximate surface area is 109 Å². The molecule has 0 aliphatic carbocycles. The number of pyridine rings is 1. The van der Waals surface area contributed by atoms with E-state index in [1.807, 2.05) is 12.1 Å². The third kappa shape index (κ3) is 2.99. The van der Waals surface area contributed by atoms with Crippen molar-refractivity contribution in [2.75, 3.05) is 5.73 Å². The number of nitrogens with zero attached hydrogens (tertiary/aromatic N) is 1. The van der Waals surface area contributed by atoms with E-state index in [9.17, 15) is 4.79 Å². The van der Waals surface area contributed by atoms with Gasteiger partial charge < -0.3 is 10.5 Å². The zero-order valence-electron chi connectivity index (χ0n) is 9.47. The molecule has 0 bridgehead atoms. The topological polar surface area (TPSA) is 65.2 Å². The Hall–Kier alpha value is -2.07. The standard InChI is InChI=1S/C13H11ClN2O2/c14-11-4-2-1-3-10(11)8-18-13(17)9-5-6-12(15)16-7-9/h1-7H,8H2,(H2,15,16). The number of rotatable bonds is 3. The van der Waals surface area contributed by atoms with Crippen LogP contribution in [0.3, 0.4) is 0 Å². The number of hydrogen-bond acceptors (Lipinski definition) is 4. The van der Waals surface area contributed by atoms with Gasteiger partial charge in [0.15, 0.2) is 0 Å². The number of esters is 1. The molecule has 0 aliphatic heterocycles. The highest BCUT2D eigenvalue weighted by Gasteiger charge is 2.08. The third-order valence-electron chi connectivity index (χ3n) is 2.34. The molecule has 1 heterocycles. The summed E-state index contributed by atoms with van der Waals surface area (Å²) in [6, 6.07) is 10.3. The summed E-state index contributed by atoms with van der Waals surface area (Å²) < 4.78 is 5.13. The molecule has 1 aromatic carbocycles. The van der Waals surface area contributed by atoms with Crippen molar-refractivity contribution < 1.29 is 9.53 Å². The molecular formula is C13H11ClN2O2. The second-order valence-electron chi connectivity index (χ2n) is 3.64. The Morgan fingerprint density at radius 1 is 1.28 bits per heavy atom. The molecule has 0 unspecified atom stereocenters. The average Bonchev–Trinajstić information content (AvgIpc) is 2.38. The summed E-state index contributed by atoms with van der Waals surface area (Å²) in [5.41, 5.74) is 6.55. The van der Waals surface area contributed by atoms with Crippen LogP contribution in [0.15, 0.2) is 42.6 Å². The van der Waals surface area contributed by atoms with Gasteiger partial charge in [0.25, 0.3) is 0 Å². The van der Waals surface area contributed by atoms with Crippen LogP contribution in [-0.2, 0) is 11.3 Å². The number of nitrogens with two attached hydrogens (primary N) is 1. The van der Waals surface area contributed by atoms with Gasteiger partial charge in [-0.15, -0.1) is 0 Å². The predicted octanol–water partition coefficient (Wildman–Crippen LogP) is 2.67. The van der Waals surface area contributed by atoms with Gasteiger partial charge >= 0.3 is 5.97 Å². The van der Waals surface area contributed by atoms with E-state index >= 15 is 0 Å². The second kappa shape index (κ2) is 5.51. The molecule has 2 N–H and O–H groups in total. The van der Waals surface area contributed by atoms with Crippen LogP contribution in [-0.4, -0.2) is 11.0 Å². The number of aromatic nitrogens is 1. The molecule has 1 aromatic heterocycles. The fourth-order valence-corrected chi connectivity index (χ4v) is 1.56. The Bertz CT molecular complexity index is 555. The molecule has 0 fully saturated rings. The smallest absolute Gasteiger partial charge is 0.340 e. The Morgan fingerprint density at radius 3 is 2.72 bits per heavy atom. The number of anilines is 1. The quantitative estimate of drug-likeness (QED) is 0.864. The van der Waals surface area contributed by atoms with Crippen LogP contribution < -0.4 is 5.73 Å². The minimum Gasteiger partial charge on any atom is -0.457 e. The van der Waals surface area contributed by atoms with E-state index in [-0.39, 0.29) is 6.61 Å². The van der Waals surface area contributed by atoms with Crippen molar-refractivity contribution in [3.05, 3.63) is 58.7 Å². The largest absolute Gasteiger partial charge is 0.457 e. The maximum Gasteiger partial charge on any atom is 0.340 e. The lowest BCUT2D eigenvalue weighted by Gasteiger charge is -2.06. The zero-order chi connectivity index (χ0) is 13.0. The fourth-order valence-electron chi connectivity index (χ4n) is 1.37. The number of nitrogen functional groups attached to an aromatic ring is 1. The van der Waals surface area contributed by atoms with E-state index in [1.54, 1.807) is 24.3 Å². The van der Waals surface area contributed by atoms with E-state index in [0.29, 0.717) is 16.4 Å². The number of carbonyl (C=O) groups is 1. The van der Waals surface area contributed by atoms with Gasteiger partial charge in [-0.05, 0) is 18.2 Å². The SMILES string of the molecule is Nc1ccc(C(=O)OCc2ccccc2Cl)cn1. The summed E-state index contributed by atoms with van der Waals surface area (Å²) >= 11 is 5.95. The summed E-state index contributed by atoms with van der Waals surface area (Å²) in [5.74, 6) is -0.0972. The molecule has 0 radical (unpaired) electrons. The third-order valence-corrected chi connectivity index (χ3v) is 2.71. The molecule has 4 nitrogen and oxygen atoms in total. The van der Waals surface area contributed by atoms with Crippen LogP contribution in [0.2, 0.25) is 5.02 Å². The van der Waals surface area contributed by atoms with Crippen molar-refractivity contribution in [2.24, 2.45) is 0 Å². The van der Waals surface area contributed by atoms with Crippen molar-refractivity contribution in [3.63, 3.8) is 0 Å². The lowest BCUT2D eigenvalue weighted by molar-refractivity contribution is 0.0472. The summed E-state index contributed by atoms with van der Waals surface area (Å²) in [6.07, 6.45) is 1.38. The van der Waals surface area contributed by atoms with Gasteiger partial charge in [0, 0.05) is 16.8 Å². The van der Waals surface area contributed by atoms with Gasteiger partial charge in [0.1, 0.15) is 12.4 Å². The summed E-state index contributed by atoms with van der Waals surface area (Å²) in [7, 11) is 0. The number of benzene rings is 1. The Morgan fingerprint density at radius 2 is 2.06 bits per heavy atom. The van der Waals surface area contributed by atoms with Gasteiger partial charge in [-0.1, -0.05) is 29.8 Å². The van der Waals surface area contributed by atoms with Crippen LogP contribution in [0.5, 0.6) is 0 Å². The van der Waals surface area contributed by atoms with E-state index < -0.39 is 5.97 Å². The van der Waals surface area contributed by atoms with Crippen molar-refractivity contribution in [3.8, 4) is 0 Å². The Balaban J connectivity index is 2.01. The van der Waals surface area contributed by atoms with Crippen LogP contribution in [0.25, 0.3) is 0 Å². The number of hydrogen-bond donors (Lipinski definition) is 1. The maximum atomic E-state index is 11.7. The highest BCUT2D eigenvalue weighted by molar-refractivity contribution is 6.31. The second-order valence-corrected chi connectivity index (χ2v) is 4.05. The first kappa shape index (κ1) is 12.4. The van der Waals surface area contributed by atoms with Gasteiger partial charge in [-0.3, -0.25) is 0 Å². The molecular weight excluding hydrogens is 252 g/mol. The first-order chi connectivity index (χ1) is 8.66. The molecule has 92 valence electrons. The first-order valence-corrected chi connectivity index (χ1v) is 5.66. The monoisotopic (exact) mass is 262 g/mol. The molecule has 0 atom stereocenters.